The van der Waals surface area contributed by atoms with Crippen molar-refractivity contribution < 1.29 is 14.6 Å². The Morgan fingerprint density at radius 3 is 2.88 bits per heavy atom. The van der Waals surface area contributed by atoms with E-state index in [1.807, 2.05) is 18.2 Å². The van der Waals surface area contributed by atoms with Crippen LogP contribution in [0, 0.1) is 5.41 Å². The van der Waals surface area contributed by atoms with Crippen molar-refractivity contribution in [1.29, 1.82) is 0 Å². The molecule has 1 saturated carbocycles. The molecule has 0 spiro atoms. The summed E-state index contributed by atoms with van der Waals surface area (Å²) in [7, 11) is 0. The topological polar surface area (TPSA) is 89.1 Å². The minimum Gasteiger partial charge on any atom is -0.490 e. The van der Waals surface area contributed by atoms with Gasteiger partial charge in [0.05, 0.1) is 25.9 Å². The lowest BCUT2D eigenvalue weighted by Gasteiger charge is -2.37. The van der Waals surface area contributed by atoms with E-state index < -0.39 is 0 Å². The van der Waals surface area contributed by atoms with E-state index in [-0.39, 0.29) is 11.5 Å². The summed E-state index contributed by atoms with van der Waals surface area (Å²) in [6, 6.07) is 5.65. The molecule has 0 aromatic heterocycles. The molecule has 4 N–H and O–H groups in total. The number of benzene rings is 1. The summed E-state index contributed by atoms with van der Waals surface area (Å²) >= 11 is 0. The fourth-order valence-corrected chi connectivity index (χ4v) is 3.26. The molecular formula is C18H27N3O3. The van der Waals surface area contributed by atoms with Crippen LogP contribution in [0.15, 0.2) is 23.2 Å². The zero-order valence-electron chi connectivity index (χ0n) is 14.3. The molecular weight excluding hydrogens is 306 g/mol. The molecule has 2 unspecified atom stereocenters. The first kappa shape index (κ1) is 16.9. The Labute approximate surface area is 143 Å². The first-order chi connectivity index (χ1) is 11.6. The molecule has 0 amide bonds. The molecule has 6 heteroatoms. The summed E-state index contributed by atoms with van der Waals surface area (Å²) < 4.78 is 11.3. The molecule has 3 rings (SSSR count). The first-order valence-corrected chi connectivity index (χ1v) is 8.71. The molecule has 6 nitrogen and oxygen atoms in total. The third kappa shape index (κ3) is 3.93. The number of fused-ring (bicyclic) bond motifs is 1. The monoisotopic (exact) mass is 333 g/mol. The third-order valence-electron chi connectivity index (χ3n) is 4.91. The van der Waals surface area contributed by atoms with Crippen LogP contribution in [0.5, 0.6) is 11.5 Å². The number of hydrogen-bond acceptors (Lipinski definition) is 4. The third-order valence-corrected chi connectivity index (χ3v) is 4.91. The highest BCUT2D eigenvalue weighted by Gasteiger charge is 2.35. The second kappa shape index (κ2) is 7.30. The molecule has 2 aliphatic rings. The van der Waals surface area contributed by atoms with E-state index in [0.717, 1.165) is 49.3 Å². The minimum absolute atomic E-state index is 0.185. The highest BCUT2D eigenvalue weighted by atomic mass is 16.5. The molecule has 24 heavy (non-hydrogen) atoms. The molecule has 0 radical (unpaired) electrons. The standard InChI is InChI=1S/C18H27N3O3/c1-18(8-3-2-5-16(18)22)12-20-17(19)21-13-6-7-14-15(11-13)24-10-4-9-23-14/h6-7,11,16,22H,2-5,8-10,12H2,1H3,(H3,19,20,21). The summed E-state index contributed by atoms with van der Waals surface area (Å²) in [4.78, 5) is 4.45. The van der Waals surface area contributed by atoms with Crippen molar-refractivity contribution in [2.45, 2.75) is 45.1 Å². The van der Waals surface area contributed by atoms with Crippen molar-refractivity contribution >= 4 is 11.6 Å². The van der Waals surface area contributed by atoms with E-state index in [1.165, 1.54) is 0 Å². The van der Waals surface area contributed by atoms with Gasteiger partial charge in [0.15, 0.2) is 17.5 Å². The van der Waals surface area contributed by atoms with Crippen LogP contribution < -0.4 is 20.5 Å². The number of nitrogens with two attached hydrogens (primary N) is 1. The van der Waals surface area contributed by atoms with E-state index in [1.54, 1.807) is 0 Å². The van der Waals surface area contributed by atoms with Gasteiger partial charge in [-0.25, -0.2) is 0 Å². The Kier molecular flexibility index (Phi) is 5.14. The van der Waals surface area contributed by atoms with E-state index >= 15 is 0 Å². The van der Waals surface area contributed by atoms with Gasteiger partial charge in [-0.1, -0.05) is 19.8 Å². The van der Waals surface area contributed by atoms with Crippen LogP contribution >= 0.6 is 0 Å². The lowest BCUT2D eigenvalue weighted by atomic mass is 9.73. The molecule has 0 saturated heterocycles. The Morgan fingerprint density at radius 2 is 2.08 bits per heavy atom. The highest BCUT2D eigenvalue weighted by molar-refractivity contribution is 5.92. The fourth-order valence-electron chi connectivity index (χ4n) is 3.26. The number of ether oxygens (including phenoxy) is 2. The van der Waals surface area contributed by atoms with E-state index in [0.29, 0.717) is 25.7 Å². The van der Waals surface area contributed by atoms with Crippen LogP contribution in [0.3, 0.4) is 0 Å². The number of aliphatic hydroxyl groups is 1. The van der Waals surface area contributed by atoms with Crippen molar-refractivity contribution in [3.05, 3.63) is 18.2 Å². The van der Waals surface area contributed by atoms with Gasteiger partial charge in [0.25, 0.3) is 0 Å². The maximum Gasteiger partial charge on any atom is 0.193 e. The number of hydrogen-bond donors (Lipinski definition) is 3. The van der Waals surface area contributed by atoms with Gasteiger partial charge in [0, 0.05) is 23.6 Å². The number of anilines is 1. The van der Waals surface area contributed by atoms with Crippen LogP contribution in [-0.4, -0.2) is 36.9 Å². The summed E-state index contributed by atoms with van der Waals surface area (Å²) in [5, 5.41) is 13.3. The lowest BCUT2D eigenvalue weighted by Crippen LogP contribution is -2.39. The van der Waals surface area contributed by atoms with Gasteiger partial charge in [0.1, 0.15) is 0 Å². The predicted octanol–water partition coefficient (Wildman–Crippen LogP) is 2.52. The van der Waals surface area contributed by atoms with Crippen molar-refractivity contribution in [3.8, 4) is 11.5 Å². The number of aliphatic imine (C=N–C) groups is 1. The quantitative estimate of drug-likeness (QED) is 0.584. The SMILES string of the molecule is CC1(CN=C(N)Nc2ccc3c(c2)OCCCO3)CCCCC1O. The molecule has 0 bridgehead atoms. The van der Waals surface area contributed by atoms with Crippen molar-refractivity contribution in [3.63, 3.8) is 0 Å². The van der Waals surface area contributed by atoms with Gasteiger partial charge in [-0.15, -0.1) is 0 Å². The zero-order valence-corrected chi connectivity index (χ0v) is 14.3. The van der Waals surface area contributed by atoms with Crippen LogP contribution in [0.2, 0.25) is 0 Å². The van der Waals surface area contributed by atoms with E-state index in [9.17, 15) is 5.11 Å². The molecule has 1 fully saturated rings. The molecule has 132 valence electrons. The lowest BCUT2D eigenvalue weighted by molar-refractivity contribution is 0.00724. The Morgan fingerprint density at radius 1 is 1.29 bits per heavy atom. The van der Waals surface area contributed by atoms with Crippen molar-refractivity contribution in [2.75, 3.05) is 25.1 Å². The van der Waals surface area contributed by atoms with E-state index in [2.05, 4.69) is 17.2 Å². The van der Waals surface area contributed by atoms with Crippen LogP contribution in [-0.2, 0) is 0 Å². The second-order valence-electron chi connectivity index (χ2n) is 6.95. The summed E-state index contributed by atoms with van der Waals surface area (Å²) in [5.74, 6) is 1.83. The van der Waals surface area contributed by atoms with Crippen LogP contribution in [0.25, 0.3) is 0 Å². The second-order valence-corrected chi connectivity index (χ2v) is 6.95. The highest BCUT2D eigenvalue weighted by Crippen LogP contribution is 2.36. The molecule has 1 aliphatic carbocycles. The number of rotatable bonds is 3. The first-order valence-electron chi connectivity index (χ1n) is 8.71. The van der Waals surface area contributed by atoms with Gasteiger partial charge in [0.2, 0.25) is 0 Å². The van der Waals surface area contributed by atoms with Gasteiger partial charge in [-0.05, 0) is 25.0 Å². The molecule has 1 aromatic rings. The Hall–Kier alpha value is -1.95. The van der Waals surface area contributed by atoms with Crippen molar-refractivity contribution in [2.24, 2.45) is 16.1 Å². The predicted molar refractivity (Wildman–Crippen MR) is 94.7 cm³/mol. The van der Waals surface area contributed by atoms with Crippen molar-refractivity contribution in [1.82, 2.24) is 0 Å². The van der Waals surface area contributed by atoms with Crippen LogP contribution in [0.4, 0.5) is 5.69 Å². The smallest absolute Gasteiger partial charge is 0.193 e. The maximum absolute atomic E-state index is 10.2. The largest absolute Gasteiger partial charge is 0.490 e. The summed E-state index contributed by atoms with van der Waals surface area (Å²) in [6.07, 6.45) is 4.63. The molecule has 1 heterocycles. The fraction of sp³-hybridized carbons (Fsp3) is 0.611. The Balaban J connectivity index is 1.64. The maximum atomic E-state index is 10.2. The van der Waals surface area contributed by atoms with Gasteiger partial charge < -0.3 is 25.6 Å². The normalized spacial score (nSPS) is 27.4. The number of nitrogens with one attached hydrogen (secondary N) is 1. The summed E-state index contributed by atoms with van der Waals surface area (Å²) in [6.45, 7) is 3.93. The minimum atomic E-state index is -0.305. The average Bonchev–Trinajstić information content (AvgIpc) is 2.81. The number of aliphatic hydroxyl groups excluding tert-OH is 1. The van der Waals surface area contributed by atoms with Crippen LogP contribution in [0.1, 0.15) is 39.0 Å². The van der Waals surface area contributed by atoms with Gasteiger partial charge in [-0.3, -0.25) is 4.99 Å². The molecule has 1 aliphatic heterocycles. The average molecular weight is 333 g/mol. The molecule has 1 aromatic carbocycles. The van der Waals surface area contributed by atoms with Gasteiger partial charge in [-0.2, -0.15) is 0 Å². The summed E-state index contributed by atoms with van der Waals surface area (Å²) in [5.41, 5.74) is 6.65. The van der Waals surface area contributed by atoms with Gasteiger partial charge >= 0.3 is 0 Å². The molecule has 2 atom stereocenters. The Bertz CT molecular complexity index is 605. The number of nitrogens with zero attached hydrogens (tertiary/aromatic N) is 1. The zero-order chi connectivity index (χ0) is 17.0. The number of guanidine groups is 1. The van der Waals surface area contributed by atoms with E-state index in [4.69, 9.17) is 15.2 Å².